The van der Waals surface area contributed by atoms with Gasteiger partial charge in [-0.05, 0) is 50.3 Å². The summed E-state index contributed by atoms with van der Waals surface area (Å²) in [6.07, 6.45) is 4.33. The molecule has 0 aromatic heterocycles. The first-order valence-corrected chi connectivity index (χ1v) is 8.40. The van der Waals surface area contributed by atoms with Crippen LogP contribution in [0.5, 0.6) is 0 Å². The quantitative estimate of drug-likeness (QED) is 0.619. The van der Waals surface area contributed by atoms with Crippen molar-refractivity contribution in [3.05, 3.63) is 46.0 Å². The third-order valence-corrected chi connectivity index (χ3v) is 4.92. The van der Waals surface area contributed by atoms with Crippen molar-refractivity contribution in [3.8, 4) is 0 Å². The molecule has 2 atom stereocenters. The highest BCUT2D eigenvalue weighted by molar-refractivity contribution is 6.23. The summed E-state index contributed by atoms with van der Waals surface area (Å²) in [7, 11) is 0. The topological polar surface area (TPSA) is 43.4 Å². The Morgan fingerprint density at radius 1 is 1.13 bits per heavy atom. The average Bonchev–Trinajstić information content (AvgIpc) is 2.75. The predicted octanol–water partition coefficient (Wildman–Crippen LogP) is 3.59. The number of Topliss-reactive ketones (excluding diaryl/α,β-unsaturated/α-hetero) is 2. The highest BCUT2D eigenvalue weighted by atomic mass is 16.5. The fourth-order valence-electron chi connectivity index (χ4n) is 3.97. The van der Waals surface area contributed by atoms with E-state index in [4.69, 9.17) is 4.74 Å². The molecule has 1 saturated carbocycles. The molecule has 0 bridgehead atoms. The maximum atomic E-state index is 12.8. The molecule has 23 heavy (non-hydrogen) atoms. The van der Waals surface area contributed by atoms with Crippen molar-refractivity contribution < 1.29 is 14.3 Å². The Kier molecular flexibility index (Phi) is 4.49. The summed E-state index contributed by atoms with van der Waals surface area (Å²) in [5.74, 6) is -0.301. The molecule has 0 radical (unpaired) electrons. The van der Waals surface area contributed by atoms with Crippen LogP contribution in [0.4, 0.5) is 0 Å². The maximum absolute atomic E-state index is 12.8. The average molecular weight is 312 g/mol. The van der Waals surface area contributed by atoms with Gasteiger partial charge in [0.1, 0.15) is 5.92 Å². The smallest absolute Gasteiger partial charge is 0.173 e. The third kappa shape index (κ3) is 3.16. The molecule has 1 aromatic rings. The van der Waals surface area contributed by atoms with Gasteiger partial charge in [-0.1, -0.05) is 23.8 Å². The van der Waals surface area contributed by atoms with Gasteiger partial charge in [0.15, 0.2) is 11.6 Å². The lowest BCUT2D eigenvalue weighted by Crippen LogP contribution is -2.17. The molecular weight excluding hydrogens is 288 g/mol. The van der Waals surface area contributed by atoms with Crippen LogP contribution in [0.15, 0.2) is 23.8 Å². The summed E-state index contributed by atoms with van der Waals surface area (Å²) in [4.78, 5) is 25.4. The van der Waals surface area contributed by atoms with Gasteiger partial charge >= 0.3 is 0 Å². The van der Waals surface area contributed by atoms with Crippen LogP contribution in [-0.2, 0) is 14.3 Å². The SMILES string of the molecule is Cc1cc(C)c(C2C(=O)CC(=CC3CCCOC3)C2=O)c(C)c1. The van der Waals surface area contributed by atoms with Crippen molar-refractivity contribution >= 4 is 11.6 Å². The molecule has 0 N–H and O–H groups in total. The van der Waals surface area contributed by atoms with Gasteiger partial charge < -0.3 is 4.74 Å². The van der Waals surface area contributed by atoms with E-state index in [2.05, 4.69) is 12.1 Å². The zero-order chi connectivity index (χ0) is 16.6. The highest BCUT2D eigenvalue weighted by Gasteiger charge is 2.39. The number of ether oxygens (including phenoxy) is 1. The summed E-state index contributed by atoms with van der Waals surface area (Å²) < 4.78 is 5.48. The van der Waals surface area contributed by atoms with Crippen molar-refractivity contribution in [2.75, 3.05) is 13.2 Å². The van der Waals surface area contributed by atoms with Gasteiger partial charge in [-0.2, -0.15) is 0 Å². The molecule has 1 aliphatic carbocycles. The lowest BCUT2D eigenvalue weighted by molar-refractivity contribution is -0.123. The standard InChI is InChI=1S/C20H24O3/c1-12-7-13(2)18(14(3)8-12)19-17(21)10-16(20(19)22)9-15-5-4-6-23-11-15/h7-9,15,19H,4-6,10-11H2,1-3H3. The van der Waals surface area contributed by atoms with Gasteiger partial charge in [-0.15, -0.1) is 0 Å². The minimum Gasteiger partial charge on any atom is -0.381 e. The second-order valence-corrected chi connectivity index (χ2v) is 6.92. The zero-order valence-electron chi connectivity index (χ0n) is 14.1. The molecule has 1 heterocycles. The number of aryl methyl sites for hydroxylation is 3. The Labute approximate surface area is 137 Å². The number of allylic oxidation sites excluding steroid dienone is 1. The first-order chi connectivity index (χ1) is 11.0. The number of ketones is 2. The van der Waals surface area contributed by atoms with Crippen molar-refractivity contribution in [3.63, 3.8) is 0 Å². The largest absolute Gasteiger partial charge is 0.381 e. The Hall–Kier alpha value is -1.74. The maximum Gasteiger partial charge on any atom is 0.173 e. The number of carbonyl (C=O) groups excluding carboxylic acids is 2. The second kappa shape index (κ2) is 6.40. The molecule has 1 aliphatic heterocycles. The van der Waals surface area contributed by atoms with E-state index in [1.807, 2.05) is 26.8 Å². The molecule has 2 unspecified atom stereocenters. The van der Waals surface area contributed by atoms with E-state index in [-0.39, 0.29) is 23.9 Å². The minimum atomic E-state index is -0.605. The second-order valence-electron chi connectivity index (χ2n) is 6.92. The monoisotopic (exact) mass is 312 g/mol. The third-order valence-electron chi connectivity index (χ3n) is 4.92. The summed E-state index contributed by atoms with van der Waals surface area (Å²) in [5.41, 5.74) is 4.84. The molecule has 2 fully saturated rings. The zero-order valence-corrected chi connectivity index (χ0v) is 14.1. The minimum absolute atomic E-state index is 0.00405. The Morgan fingerprint density at radius 3 is 2.43 bits per heavy atom. The predicted molar refractivity (Wildman–Crippen MR) is 89.7 cm³/mol. The fraction of sp³-hybridized carbons (Fsp3) is 0.500. The van der Waals surface area contributed by atoms with E-state index in [0.717, 1.165) is 41.7 Å². The van der Waals surface area contributed by atoms with Crippen molar-refractivity contribution in [2.24, 2.45) is 5.92 Å². The van der Waals surface area contributed by atoms with Gasteiger partial charge in [-0.25, -0.2) is 0 Å². The van der Waals surface area contributed by atoms with Crippen LogP contribution in [0, 0.1) is 26.7 Å². The van der Waals surface area contributed by atoms with Crippen molar-refractivity contribution in [1.29, 1.82) is 0 Å². The van der Waals surface area contributed by atoms with Crippen LogP contribution in [-0.4, -0.2) is 24.8 Å². The summed E-state index contributed by atoms with van der Waals surface area (Å²) in [5, 5.41) is 0. The van der Waals surface area contributed by atoms with Crippen LogP contribution < -0.4 is 0 Å². The molecule has 0 spiro atoms. The number of carbonyl (C=O) groups is 2. The molecule has 122 valence electrons. The first kappa shape index (κ1) is 16.1. The highest BCUT2D eigenvalue weighted by Crippen LogP contribution is 2.36. The molecule has 1 saturated heterocycles. The van der Waals surface area contributed by atoms with Crippen LogP contribution in [0.1, 0.15) is 47.4 Å². The van der Waals surface area contributed by atoms with Gasteiger partial charge in [0.2, 0.25) is 0 Å². The Morgan fingerprint density at radius 2 is 1.83 bits per heavy atom. The normalized spacial score (nSPS) is 27.0. The van der Waals surface area contributed by atoms with Crippen LogP contribution >= 0.6 is 0 Å². The lowest BCUT2D eigenvalue weighted by atomic mass is 9.87. The Bertz CT molecular complexity index is 655. The van der Waals surface area contributed by atoms with E-state index < -0.39 is 5.92 Å². The van der Waals surface area contributed by atoms with Gasteiger partial charge in [0.05, 0.1) is 6.61 Å². The van der Waals surface area contributed by atoms with Crippen LogP contribution in [0.2, 0.25) is 0 Å². The molecular formula is C20H24O3. The van der Waals surface area contributed by atoms with E-state index in [9.17, 15) is 9.59 Å². The van der Waals surface area contributed by atoms with E-state index in [1.54, 1.807) is 0 Å². The molecule has 3 rings (SSSR count). The van der Waals surface area contributed by atoms with Crippen molar-refractivity contribution in [2.45, 2.75) is 46.0 Å². The van der Waals surface area contributed by atoms with Crippen LogP contribution in [0.25, 0.3) is 0 Å². The molecule has 1 aromatic carbocycles. The van der Waals surface area contributed by atoms with Crippen LogP contribution in [0.3, 0.4) is 0 Å². The van der Waals surface area contributed by atoms with Gasteiger partial charge in [0, 0.05) is 24.5 Å². The molecule has 2 aliphatic rings. The fourth-order valence-corrected chi connectivity index (χ4v) is 3.97. The first-order valence-electron chi connectivity index (χ1n) is 8.40. The van der Waals surface area contributed by atoms with Gasteiger partial charge in [0.25, 0.3) is 0 Å². The number of benzene rings is 1. The van der Waals surface area contributed by atoms with Crippen molar-refractivity contribution in [1.82, 2.24) is 0 Å². The Balaban J connectivity index is 1.91. The molecule has 3 heteroatoms. The van der Waals surface area contributed by atoms with Gasteiger partial charge in [-0.3, -0.25) is 9.59 Å². The number of hydrogen-bond donors (Lipinski definition) is 0. The summed E-state index contributed by atoms with van der Waals surface area (Å²) >= 11 is 0. The number of rotatable bonds is 2. The summed E-state index contributed by atoms with van der Waals surface area (Å²) in [6, 6.07) is 4.11. The molecule has 3 nitrogen and oxygen atoms in total. The lowest BCUT2D eigenvalue weighted by Gasteiger charge is -2.19. The molecule has 0 amide bonds. The van der Waals surface area contributed by atoms with E-state index >= 15 is 0 Å². The van der Waals surface area contributed by atoms with E-state index in [1.165, 1.54) is 0 Å². The summed E-state index contributed by atoms with van der Waals surface area (Å²) in [6.45, 7) is 7.49. The number of hydrogen-bond acceptors (Lipinski definition) is 3. The van der Waals surface area contributed by atoms with E-state index in [0.29, 0.717) is 12.2 Å².